The number of hydrogen-bond acceptors (Lipinski definition) is 4. The Morgan fingerprint density at radius 1 is 1.38 bits per heavy atom. The van der Waals surface area contributed by atoms with Gasteiger partial charge in [0, 0.05) is 23.2 Å². The van der Waals surface area contributed by atoms with E-state index in [-0.39, 0.29) is 11.9 Å². The lowest BCUT2D eigenvalue weighted by Gasteiger charge is -2.12. The van der Waals surface area contributed by atoms with E-state index in [4.69, 9.17) is 16.3 Å². The minimum absolute atomic E-state index is 0.177. The van der Waals surface area contributed by atoms with Gasteiger partial charge >= 0.3 is 5.97 Å². The lowest BCUT2D eigenvalue weighted by molar-refractivity contribution is 0.0603. The van der Waals surface area contributed by atoms with Crippen LogP contribution in [0.2, 0.25) is 0 Å². The number of benzene rings is 1. The molecule has 2 rings (SSSR count). The molecule has 0 bridgehead atoms. The fraction of sp³-hybridized carbons (Fsp3) is 0.333. The molecule has 0 fully saturated rings. The second-order valence-electron chi connectivity index (χ2n) is 5.24. The van der Waals surface area contributed by atoms with Gasteiger partial charge in [-0.1, -0.05) is 0 Å². The number of amidine groups is 1. The summed E-state index contributed by atoms with van der Waals surface area (Å²) < 4.78 is 6.97. The van der Waals surface area contributed by atoms with Crippen LogP contribution in [0, 0.1) is 6.92 Å². The van der Waals surface area contributed by atoms with Crippen LogP contribution in [0.5, 0.6) is 0 Å². The van der Waals surface area contributed by atoms with Crippen molar-refractivity contribution >= 4 is 22.7 Å². The first-order valence-corrected chi connectivity index (χ1v) is 6.68. The number of carbonyl (C=O) groups is 1. The molecule has 6 heteroatoms. The Hall–Kier alpha value is -2.50. The molecular weight excluding hydrogens is 268 g/mol. The zero-order chi connectivity index (χ0) is 15.7. The number of esters is 1. The number of aryl methyl sites for hydroxylation is 1. The summed E-state index contributed by atoms with van der Waals surface area (Å²) in [6, 6.07) is 3.80. The quantitative estimate of drug-likeness (QED) is 0.296. The Kier molecular flexibility index (Phi) is 3.88. The van der Waals surface area contributed by atoms with Gasteiger partial charge in [-0.25, -0.2) is 4.79 Å². The van der Waals surface area contributed by atoms with Crippen molar-refractivity contribution in [2.45, 2.75) is 26.8 Å². The van der Waals surface area contributed by atoms with Crippen LogP contribution >= 0.6 is 0 Å². The van der Waals surface area contributed by atoms with Gasteiger partial charge in [0.25, 0.3) is 0 Å². The molecule has 0 atom stereocenters. The Balaban J connectivity index is 2.89. The number of rotatable bonds is 3. The third-order valence-corrected chi connectivity index (χ3v) is 3.52. The van der Waals surface area contributed by atoms with Crippen LogP contribution < -0.4 is 11.6 Å². The lowest BCUT2D eigenvalue weighted by atomic mass is 10.0. The third kappa shape index (κ3) is 2.44. The first-order valence-electron chi connectivity index (χ1n) is 6.68. The van der Waals surface area contributed by atoms with E-state index >= 15 is 0 Å². The highest BCUT2D eigenvalue weighted by Gasteiger charge is 2.19. The number of methoxy groups -OCH3 is 1. The molecule has 0 saturated heterocycles. The van der Waals surface area contributed by atoms with Crippen molar-refractivity contribution in [1.82, 2.24) is 4.57 Å². The molecule has 4 N–H and O–H groups in total. The molecule has 1 heterocycles. The smallest absolute Gasteiger partial charge is 0.338 e. The number of nitrogens with two attached hydrogens (primary N) is 2. The van der Waals surface area contributed by atoms with E-state index in [1.807, 2.05) is 19.2 Å². The molecule has 2 aromatic rings. The van der Waals surface area contributed by atoms with Gasteiger partial charge in [-0.15, -0.1) is 0 Å². The molecule has 112 valence electrons. The van der Waals surface area contributed by atoms with Crippen molar-refractivity contribution in [2.75, 3.05) is 7.11 Å². The lowest BCUT2D eigenvalue weighted by Crippen LogP contribution is -2.17. The molecule has 0 unspecified atom stereocenters. The van der Waals surface area contributed by atoms with Crippen molar-refractivity contribution in [2.24, 2.45) is 16.7 Å². The van der Waals surface area contributed by atoms with Gasteiger partial charge in [0.05, 0.1) is 18.2 Å². The molecule has 0 amide bonds. The SMILES string of the molecule is COC(=O)c1cc(/C(N)=N/N)cc2c1c(C)cn2C(C)C. The van der Waals surface area contributed by atoms with E-state index in [1.165, 1.54) is 7.11 Å². The van der Waals surface area contributed by atoms with Gasteiger partial charge in [0.2, 0.25) is 0 Å². The fourth-order valence-corrected chi connectivity index (χ4v) is 2.51. The van der Waals surface area contributed by atoms with Crippen LogP contribution in [0.4, 0.5) is 0 Å². The van der Waals surface area contributed by atoms with Crippen LogP contribution in [0.25, 0.3) is 10.9 Å². The van der Waals surface area contributed by atoms with Crippen molar-refractivity contribution in [3.63, 3.8) is 0 Å². The zero-order valence-electron chi connectivity index (χ0n) is 12.7. The highest BCUT2D eigenvalue weighted by molar-refractivity contribution is 6.10. The molecule has 6 nitrogen and oxygen atoms in total. The normalized spacial score (nSPS) is 12.1. The minimum Gasteiger partial charge on any atom is -0.465 e. The Bertz CT molecular complexity index is 729. The Labute approximate surface area is 123 Å². The van der Waals surface area contributed by atoms with Gasteiger partial charge in [-0.2, -0.15) is 5.10 Å². The molecule has 1 aromatic carbocycles. The van der Waals surface area contributed by atoms with Crippen molar-refractivity contribution in [3.05, 3.63) is 35.0 Å². The van der Waals surface area contributed by atoms with E-state index in [0.717, 1.165) is 16.5 Å². The zero-order valence-corrected chi connectivity index (χ0v) is 12.7. The van der Waals surface area contributed by atoms with E-state index in [0.29, 0.717) is 11.1 Å². The average molecular weight is 288 g/mol. The Morgan fingerprint density at radius 2 is 2.05 bits per heavy atom. The van der Waals surface area contributed by atoms with Crippen molar-refractivity contribution in [3.8, 4) is 0 Å². The molecule has 0 aliphatic rings. The topological polar surface area (TPSA) is 95.6 Å². The van der Waals surface area contributed by atoms with Crippen LogP contribution in [-0.4, -0.2) is 23.5 Å². The van der Waals surface area contributed by atoms with Gasteiger partial charge < -0.3 is 20.9 Å². The maximum atomic E-state index is 12.1. The first kappa shape index (κ1) is 14.9. The predicted octanol–water partition coefficient (Wildman–Crippen LogP) is 1.90. The summed E-state index contributed by atoms with van der Waals surface area (Å²) in [6.07, 6.45) is 2.02. The number of carbonyl (C=O) groups excluding carboxylic acids is 1. The fourth-order valence-electron chi connectivity index (χ4n) is 2.51. The van der Waals surface area contributed by atoms with Crippen LogP contribution in [0.1, 0.15) is 41.4 Å². The van der Waals surface area contributed by atoms with Crippen molar-refractivity contribution in [1.29, 1.82) is 0 Å². The van der Waals surface area contributed by atoms with Crippen molar-refractivity contribution < 1.29 is 9.53 Å². The van der Waals surface area contributed by atoms with Crippen LogP contribution in [0.3, 0.4) is 0 Å². The molecular formula is C15H20N4O2. The predicted molar refractivity (Wildman–Crippen MR) is 83.3 cm³/mol. The first-order chi connectivity index (χ1) is 9.90. The second kappa shape index (κ2) is 5.47. The van der Waals surface area contributed by atoms with Crippen LogP contribution in [0.15, 0.2) is 23.4 Å². The van der Waals surface area contributed by atoms with E-state index in [2.05, 4.69) is 23.5 Å². The van der Waals surface area contributed by atoms with Gasteiger partial charge in [-0.3, -0.25) is 0 Å². The number of nitrogens with zero attached hydrogens (tertiary/aromatic N) is 2. The Morgan fingerprint density at radius 3 is 2.57 bits per heavy atom. The number of aromatic nitrogens is 1. The second-order valence-corrected chi connectivity index (χ2v) is 5.24. The molecule has 0 radical (unpaired) electrons. The highest BCUT2D eigenvalue weighted by atomic mass is 16.5. The molecule has 0 aliphatic carbocycles. The highest BCUT2D eigenvalue weighted by Crippen LogP contribution is 2.29. The number of fused-ring (bicyclic) bond motifs is 1. The summed E-state index contributed by atoms with van der Waals surface area (Å²) >= 11 is 0. The average Bonchev–Trinajstić information content (AvgIpc) is 2.82. The summed E-state index contributed by atoms with van der Waals surface area (Å²) in [5, 5.41) is 4.37. The maximum Gasteiger partial charge on any atom is 0.338 e. The summed E-state index contributed by atoms with van der Waals surface area (Å²) in [6.45, 7) is 6.11. The van der Waals surface area contributed by atoms with Gasteiger partial charge in [0.1, 0.15) is 5.84 Å². The maximum absolute atomic E-state index is 12.1. The number of ether oxygens (including phenoxy) is 1. The van der Waals surface area contributed by atoms with Gasteiger partial charge in [0.15, 0.2) is 0 Å². The number of hydrogen-bond donors (Lipinski definition) is 2. The minimum atomic E-state index is -0.406. The van der Waals surface area contributed by atoms with E-state index in [1.54, 1.807) is 6.07 Å². The molecule has 0 aliphatic heterocycles. The van der Waals surface area contributed by atoms with E-state index < -0.39 is 5.97 Å². The third-order valence-electron chi connectivity index (χ3n) is 3.52. The summed E-state index contributed by atoms with van der Waals surface area (Å²) in [4.78, 5) is 12.1. The summed E-state index contributed by atoms with van der Waals surface area (Å²) in [7, 11) is 1.36. The van der Waals surface area contributed by atoms with Crippen LogP contribution in [-0.2, 0) is 4.74 Å². The van der Waals surface area contributed by atoms with Gasteiger partial charge in [-0.05, 0) is 38.5 Å². The number of hydrazone groups is 1. The molecule has 0 spiro atoms. The summed E-state index contributed by atoms with van der Waals surface area (Å²) in [5.41, 5.74) is 8.78. The summed E-state index contributed by atoms with van der Waals surface area (Å²) in [5.74, 6) is 5.02. The molecule has 1 aromatic heterocycles. The molecule has 0 saturated carbocycles. The van der Waals surface area contributed by atoms with E-state index in [9.17, 15) is 4.79 Å². The standard InChI is InChI=1S/C15H20N4O2/c1-8(2)19-7-9(3)13-11(15(20)21-4)5-10(6-12(13)19)14(16)18-17/h5-8H,17H2,1-4H3,(H2,16,18). The molecule has 21 heavy (non-hydrogen) atoms. The monoisotopic (exact) mass is 288 g/mol. The largest absolute Gasteiger partial charge is 0.465 e.